The molecule has 0 aliphatic carbocycles. The number of hydrogen-bond acceptors (Lipinski definition) is 5. The monoisotopic (exact) mass is 396 g/mol. The molecule has 0 radical (unpaired) electrons. The molecule has 7 heteroatoms. The summed E-state index contributed by atoms with van der Waals surface area (Å²) in [6, 6.07) is 10.3. The van der Waals surface area contributed by atoms with Crippen molar-refractivity contribution in [3.63, 3.8) is 0 Å². The SMILES string of the molecule is CC(Nc1nc2c(s1)CN(C(=O)c1cc3ccccc3[nH]1)CC2)C1CCOC1. The van der Waals surface area contributed by atoms with Gasteiger partial charge in [-0.05, 0) is 25.5 Å². The van der Waals surface area contributed by atoms with E-state index < -0.39 is 0 Å². The number of H-pyrrole nitrogens is 1. The third kappa shape index (κ3) is 3.29. The molecule has 2 aliphatic rings. The lowest BCUT2D eigenvalue weighted by molar-refractivity contribution is 0.0731. The third-order valence-corrected chi connectivity index (χ3v) is 6.82. The van der Waals surface area contributed by atoms with Gasteiger partial charge < -0.3 is 19.9 Å². The van der Waals surface area contributed by atoms with Crippen molar-refractivity contribution in [2.75, 3.05) is 25.1 Å². The highest BCUT2D eigenvalue weighted by Gasteiger charge is 2.27. The van der Waals surface area contributed by atoms with Crippen molar-refractivity contribution < 1.29 is 9.53 Å². The maximum absolute atomic E-state index is 13.0. The van der Waals surface area contributed by atoms with Crippen molar-refractivity contribution in [3.05, 3.63) is 46.6 Å². The fourth-order valence-corrected chi connectivity index (χ4v) is 5.17. The number of ether oxygens (including phenoxy) is 1. The Bertz CT molecular complexity index is 972. The molecule has 2 N–H and O–H groups in total. The van der Waals surface area contributed by atoms with Crippen molar-refractivity contribution in [1.29, 1.82) is 0 Å². The van der Waals surface area contributed by atoms with E-state index in [1.54, 1.807) is 11.3 Å². The van der Waals surface area contributed by atoms with Crippen LogP contribution in [0.5, 0.6) is 0 Å². The first-order chi connectivity index (χ1) is 13.7. The van der Waals surface area contributed by atoms with E-state index >= 15 is 0 Å². The molecule has 1 amide bonds. The molecule has 0 saturated carbocycles. The van der Waals surface area contributed by atoms with Gasteiger partial charge in [-0.1, -0.05) is 29.5 Å². The molecule has 3 aromatic rings. The van der Waals surface area contributed by atoms with Gasteiger partial charge in [0.15, 0.2) is 5.13 Å². The number of aromatic nitrogens is 2. The van der Waals surface area contributed by atoms with Gasteiger partial charge in [-0.15, -0.1) is 0 Å². The Morgan fingerprint density at radius 2 is 2.32 bits per heavy atom. The second-order valence-corrected chi connectivity index (χ2v) is 8.78. The number of amides is 1. The number of para-hydroxylation sites is 1. The molecule has 2 unspecified atom stereocenters. The lowest BCUT2D eigenvalue weighted by Crippen LogP contribution is -2.35. The van der Waals surface area contributed by atoms with Crippen molar-refractivity contribution >= 4 is 33.3 Å². The number of hydrogen-bond donors (Lipinski definition) is 2. The van der Waals surface area contributed by atoms with Crippen LogP contribution in [0.2, 0.25) is 0 Å². The van der Waals surface area contributed by atoms with Gasteiger partial charge in [0.25, 0.3) is 5.91 Å². The lowest BCUT2D eigenvalue weighted by Gasteiger charge is -2.25. The van der Waals surface area contributed by atoms with Gasteiger partial charge in [0, 0.05) is 47.3 Å². The molecule has 6 nitrogen and oxygen atoms in total. The molecule has 2 atom stereocenters. The summed E-state index contributed by atoms with van der Waals surface area (Å²) in [5.74, 6) is 0.599. The summed E-state index contributed by atoms with van der Waals surface area (Å²) in [5, 5.41) is 5.58. The van der Waals surface area contributed by atoms with E-state index in [1.807, 2.05) is 35.2 Å². The molecular weight excluding hydrogens is 372 g/mol. The molecule has 0 spiro atoms. The number of thiazole rings is 1. The lowest BCUT2D eigenvalue weighted by atomic mass is 10.0. The minimum Gasteiger partial charge on any atom is -0.381 e. The van der Waals surface area contributed by atoms with Crippen LogP contribution in [0, 0.1) is 5.92 Å². The fourth-order valence-electron chi connectivity index (χ4n) is 4.05. The van der Waals surface area contributed by atoms with Crippen LogP contribution in [0.1, 0.15) is 34.4 Å². The number of nitrogens with one attached hydrogen (secondary N) is 2. The Hall–Kier alpha value is -2.38. The summed E-state index contributed by atoms with van der Waals surface area (Å²) in [5.41, 5.74) is 2.78. The number of carbonyl (C=O) groups excluding carboxylic acids is 1. The van der Waals surface area contributed by atoms with E-state index in [0.29, 0.717) is 30.7 Å². The van der Waals surface area contributed by atoms with Gasteiger partial charge in [0.05, 0.1) is 18.8 Å². The predicted molar refractivity (Wildman–Crippen MR) is 111 cm³/mol. The average molecular weight is 397 g/mol. The van der Waals surface area contributed by atoms with Gasteiger partial charge in [-0.25, -0.2) is 4.98 Å². The number of fused-ring (bicyclic) bond motifs is 2. The van der Waals surface area contributed by atoms with Crippen LogP contribution in [0.3, 0.4) is 0 Å². The molecule has 1 saturated heterocycles. The maximum Gasteiger partial charge on any atom is 0.270 e. The van der Waals surface area contributed by atoms with Gasteiger partial charge in [-0.3, -0.25) is 4.79 Å². The maximum atomic E-state index is 13.0. The highest BCUT2D eigenvalue weighted by atomic mass is 32.1. The van der Waals surface area contributed by atoms with Crippen molar-refractivity contribution in [2.45, 2.75) is 32.4 Å². The number of nitrogens with zero attached hydrogens (tertiary/aromatic N) is 2. The van der Waals surface area contributed by atoms with Gasteiger partial charge in [0.1, 0.15) is 5.69 Å². The van der Waals surface area contributed by atoms with Crippen molar-refractivity contribution in [2.24, 2.45) is 5.92 Å². The first kappa shape index (κ1) is 17.7. The second-order valence-electron chi connectivity index (χ2n) is 7.69. The van der Waals surface area contributed by atoms with Gasteiger partial charge in [0.2, 0.25) is 0 Å². The van der Waals surface area contributed by atoms with Gasteiger partial charge >= 0.3 is 0 Å². The molecule has 2 aliphatic heterocycles. The van der Waals surface area contributed by atoms with Crippen LogP contribution in [0.25, 0.3) is 10.9 Å². The minimum absolute atomic E-state index is 0.0567. The number of benzene rings is 1. The number of rotatable bonds is 4. The Morgan fingerprint density at radius 3 is 3.14 bits per heavy atom. The van der Waals surface area contributed by atoms with E-state index in [2.05, 4.69) is 17.2 Å². The van der Waals surface area contributed by atoms with E-state index in [4.69, 9.17) is 9.72 Å². The van der Waals surface area contributed by atoms with Gasteiger partial charge in [-0.2, -0.15) is 0 Å². The van der Waals surface area contributed by atoms with Crippen LogP contribution in [-0.4, -0.2) is 46.6 Å². The minimum atomic E-state index is 0.0567. The second kappa shape index (κ2) is 7.22. The van der Waals surface area contributed by atoms with Crippen LogP contribution in [0.4, 0.5) is 5.13 Å². The van der Waals surface area contributed by atoms with Crippen LogP contribution in [0.15, 0.2) is 30.3 Å². The zero-order valence-corrected chi connectivity index (χ0v) is 16.7. The first-order valence-corrected chi connectivity index (χ1v) is 10.7. The Balaban J connectivity index is 1.29. The standard InChI is InChI=1S/C21H24N4O2S/c1-13(15-7-9-27-12-15)22-21-24-17-6-8-25(11-19(17)28-21)20(26)18-10-14-4-2-3-5-16(14)23-18/h2-5,10,13,15,23H,6-9,11-12H2,1H3,(H,22,24). The molecule has 1 aromatic carbocycles. The summed E-state index contributed by atoms with van der Waals surface area (Å²) in [4.78, 5) is 24.1. The van der Waals surface area contributed by atoms with Crippen LogP contribution in [-0.2, 0) is 17.7 Å². The van der Waals surface area contributed by atoms with E-state index in [9.17, 15) is 4.79 Å². The van der Waals surface area contributed by atoms with Crippen molar-refractivity contribution in [1.82, 2.24) is 14.9 Å². The summed E-state index contributed by atoms with van der Waals surface area (Å²) in [6.45, 7) is 5.22. The number of aromatic amines is 1. The van der Waals surface area contributed by atoms with Crippen molar-refractivity contribution in [3.8, 4) is 0 Å². The quantitative estimate of drug-likeness (QED) is 0.706. The molecule has 4 heterocycles. The third-order valence-electron chi connectivity index (χ3n) is 5.80. The summed E-state index contributed by atoms with van der Waals surface area (Å²) in [7, 11) is 0. The molecule has 5 rings (SSSR count). The summed E-state index contributed by atoms with van der Waals surface area (Å²) < 4.78 is 5.50. The molecule has 146 valence electrons. The topological polar surface area (TPSA) is 70.2 Å². The molecule has 0 bridgehead atoms. The zero-order valence-electron chi connectivity index (χ0n) is 15.9. The summed E-state index contributed by atoms with van der Waals surface area (Å²) >= 11 is 1.68. The largest absolute Gasteiger partial charge is 0.381 e. The first-order valence-electron chi connectivity index (χ1n) is 9.87. The molecule has 1 fully saturated rings. The normalized spacial score (nSPS) is 20.3. The van der Waals surface area contributed by atoms with Crippen LogP contribution >= 0.6 is 11.3 Å². The zero-order chi connectivity index (χ0) is 19.1. The number of carbonyl (C=O) groups is 1. The Kier molecular flexibility index (Phi) is 4.56. The predicted octanol–water partition coefficient (Wildman–Crippen LogP) is 3.66. The van der Waals surface area contributed by atoms with E-state index in [1.165, 1.54) is 4.88 Å². The fraction of sp³-hybridized carbons (Fsp3) is 0.429. The molecule has 28 heavy (non-hydrogen) atoms. The Labute approximate surface area is 167 Å². The molecular formula is C21H24N4O2S. The van der Waals surface area contributed by atoms with Crippen LogP contribution < -0.4 is 5.32 Å². The highest BCUT2D eigenvalue weighted by molar-refractivity contribution is 7.15. The smallest absolute Gasteiger partial charge is 0.270 e. The Morgan fingerprint density at radius 1 is 1.43 bits per heavy atom. The highest BCUT2D eigenvalue weighted by Crippen LogP contribution is 2.31. The average Bonchev–Trinajstić information content (AvgIpc) is 3.44. The summed E-state index contributed by atoms with van der Waals surface area (Å²) in [6.07, 6.45) is 1.91. The number of anilines is 1. The molecule has 2 aromatic heterocycles. The van der Waals surface area contributed by atoms with E-state index in [-0.39, 0.29) is 5.91 Å². The van der Waals surface area contributed by atoms with E-state index in [0.717, 1.165) is 47.8 Å².